The number of carboxylic acids is 1. The van der Waals surface area contributed by atoms with Crippen LogP contribution in [-0.4, -0.2) is 58.6 Å². The Morgan fingerprint density at radius 2 is 1.94 bits per heavy atom. The first-order valence-electron chi connectivity index (χ1n) is 11.4. The van der Waals surface area contributed by atoms with Gasteiger partial charge in [0.2, 0.25) is 5.95 Å². The largest absolute Gasteiger partial charge is 0.488 e. The molecule has 2 N–H and O–H groups in total. The lowest BCUT2D eigenvalue weighted by Crippen LogP contribution is -2.48. The fourth-order valence-electron chi connectivity index (χ4n) is 4.50. The summed E-state index contributed by atoms with van der Waals surface area (Å²) >= 11 is 0. The lowest BCUT2D eigenvalue weighted by Gasteiger charge is -2.31. The monoisotopic (exact) mass is 491 g/mol. The molecule has 186 valence electrons. The van der Waals surface area contributed by atoms with E-state index in [0.29, 0.717) is 12.8 Å². The van der Waals surface area contributed by atoms with Crippen molar-refractivity contribution < 1.29 is 32.6 Å². The minimum Gasteiger partial charge on any atom is -0.488 e. The predicted octanol–water partition coefficient (Wildman–Crippen LogP) is 3.96. The van der Waals surface area contributed by atoms with E-state index in [0.717, 1.165) is 42.7 Å². The molecule has 12 heteroatoms. The highest BCUT2D eigenvalue weighted by atomic mass is 19.3. The number of anilines is 4. The van der Waals surface area contributed by atoms with Crippen molar-refractivity contribution in [1.82, 2.24) is 9.97 Å². The first-order valence-corrected chi connectivity index (χ1v) is 11.4. The molecule has 2 saturated carbocycles. The lowest BCUT2D eigenvalue weighted by atomic mass is 10.1. The minimum absolute atomic E-state index is 0.0269. The number of carbonyl (C=O) groups is 2. The van der Waals surface area contributed by atoms with Crippen LogP contribution in [-0.2, 0) is 4.79 Å². The van der Waals surface area contributed by atoms with E-state index in [9.17, 15) is 27.9 Å². The molecule has 0 atom stereocenters. The highest BCUT2D eigenvalue weighted by Crippen LogP contribution is 2.40. The van der Waals surface area contributed by atoms with Crippen molar-refractivity contribution in [2.45, 2.75) is 56.6 Å². The summed E-state index contributed by atoms with van der Waals surface area (Å²) in [5.74, 6) is -7.08. The molecule has 1 aromatic carbocycles. The topological polar surface area (TPSA) is 108 Å². The zero-order valence-electron chi connectivity index (χ0n) is 18.9. The lowest BCUT2D eigenvalue weighted by molar-refractivity contribution is -0.140. The number of benzene rings is 1. The summed E-state index contributed by atoms with van der Waals surface area (Å²) in [6.07, 6.45) is 5.92. The molecule has 3 aliphatic rings. The Kier molecular flexibility index (Phi) is 5.68. The third-order valence-electron chi connectivity index (χ3n) is 6.50. The zero-order valence-corrected chi connectivity index (χ0v) is 18.9. The van der Waals surface area contributed by atoms with Crippen LogP contribution in [0.2, 0.25) is 0 Å². The van der Waals surface area contributed by atoms with Gasteiger partial charge in [-0.3, -0.25) is 4.79 Å². The van der Waals surface area contributed by atoms with Gasteiger partial charge < -0.3 is 25.0 Å². The number of amides is 1. The first kappa shape index (κ1) is 23.2. The van der Waals surface area contributed by atoms with Gasteiger partial charge in [-0.1, -0.05) is 12.8 Å². The molecule has 0 radical (unpaired) electrons. The molecule has 0 bridgehead atoms. The third kappa shape index (κ3) is 4.44. The molecule has 35 heavy (non-hydrogen) atoms. The van der Waals surface area contributed by atoms with E-state index in [1.165, 1.54) is 18.1 Å². The fourth-order valence-corrected chi connectivity index (χ4v) is 4.50. The van der Waals surface area contributed by atoms with E-state index in [1.54, 1.807) is 0 Å². The van der Waals surface area contributed by atoms with E-state index in [1.807, 2.05) is 0 Å². The van der Waals surface area contributed by atoms with Gasteiger partial charge in [0.1, 0.15) is 17.3 Å². The molecule has 5 rings (SSSR count). The number of aromatic carboxylic acids is 1. The Hall–Kier alpha value is -3.57. The number of alkyl halides is 2. The van der Waals surface area contributed by atoms with Crippen LogP contribution in [0.4, 0.5) is 36.3 Å². The van der Waals surface area contributed by atoms with Gasteiger partial charge >= 0.3 is 11.9 Å². The van der Waals surface area contributed by atoms with Crippen LogP contribution in [0.25, 0.3) is 0 Å². The number of carboxylic acid groups (broad SMARTS) is 1. The second kappa shape index (κ2) is 8.58. The predicted molar refractivity (Wildman–Crippen MR) is 120 cm³/mol. The summed E-state index contributed by atoms with van der Waals surface area (Å²) < 4.78 is 49.7. The van der Waals surface area contributed by atoms with Crippen LogP contribution in [0.15, 0.2) is 18.3 Å². The molecule has 2 aliphatic carbocycles. The van der Waals surface area contributed by atoms with Crippen molar-refractivity contribution >= 4 is 35.0 Å². The number of fused-ring (bicyclic) bond motifs is 1. The summed E-state index contributed by atoms with van der Waals surface area (Å²) in [7, 11) is 1.26. The maximum Gasteiger partial charge on any atom is 0.342 e. The molecule has 0 saturated heterocycles. The Labute approximate surface area is 198 Å². The van der Waals surface area contributed by atoms with Crippen LogP contribution in [0.3, 0.4) is 0 Å². The molecule has 0 unspecified atom stereocenters. The smallest absolute Gasteiger partial charge is 0.342 e. The summed E-state index contributed by atoms with van der Waals surface area (Å²) in [4.78, 5) is 34.7. The van der Waals surface area contributed by atoms with Crippen LogP contribution < -0.4 is 19.9 Å². The number of ether oxygens (including phenoxy) is 1. The second-order valence-electron chi connectivity index (χ2n) is 9.11. The van der Waals surface area contributed by atoms with E-state index < -0.39 is 35.7 Å². The molecule has 2 aromatic rings. The SMILES string of the molecule is CN1C(=O)C(F)(F)CN(C2CCCC2)c2nc(Nc3cc(F)c(C(=O)O)cc3OC3CC3)ncc21. The summed E-state index contributed by atoms with van der Waals surface area (Å²) in [6, 6.07) is 1.87. The van der Waals surface area contributed by atoms with E-state index in [2.05, 4.69) is 15.3 Å². The number of hydrogen-bond donors (Lipinski definition) is 2. The highest BCUT2D eigenvalue weighted by Gasteiger charge is 2.48. The van der Waals surface area contributed by atoms with Gasteiger partial charge in [0, 0.05) is 19.2 Å². The Morgan fingerprint density at radius 3 is 2.60 bits per heavy atom. The number of nitrogens with zero attached hydrogens (tertiary/aromatic N) is 4. The zero-order chi connectivity index (χ0) is 24.9. The third-order valence-corrected chi connectivity index (χ3v) is 6.50. The summed E-state index contributed by atoms with van der Waals surface area (Å²) in [5.41, 5.74) is -0.287. The number of halogens is 3. The van der Waals surface area contributed by atoms with Crippen molar-refractivity contribution in [1.29, 1.82) is 0 Å². The van der Waals surface area contributed by atoms with E-state index in [4.69, 9.17) is 4.74 Å². The average Bonchev–Trinajstić information content (AvgIpc) is 3.47. The number of rotatable bonds is 6. The van der Waals surface area contributed by atoms with Gasteiger partial charge in [0.15, 0.2) is 5.82 Å². The Balaban J connectivity index is 1.54. The van der Waals surface area contributed by atoms with Gasteiger partial charge in [0.25, 0.3) is 5.91 Å². The maximum atomic E-state index is 14.7. The minimum atomic E-state index is -3.60. The van der Waals surface area contributed by atoms with Crippen LogP contribution in [0, 0.1) is 5.82 Å². The second-order valence-corrected chi connectivity index (χ2v) is 9.11. The Morgan fingerprint density at radius 1 is 1.23 bits per heavy atom. The molecular weight excluding hydrogens is 467 g/mol. The summed E-state index contributed by atoms with van der Waals surface area (Å²) in [6.45, 7) is -0.803. The molecule has 9 nitrogen and oxygen atoms in total. The molecule has 0 spiro atoms. The maximum absolute atomic E-state index is 14.7. The van der Waals surface area contributed by atoms with Crippen LogP contribution in [0.1, 0.15) is 48.9 Å². The molecular formula is C23H24F3N5O4. The van der Waals surface area contributed by atoms with E-state index >= 15 is 0 Å². The molecule has 2 fully saturated rings. The van der Waals surface area contributed by atoms with Crippen molar-refractivity contribution in [3.63, 3.8) is 0 Å². The fraction of sp³-hybridized carbons (Fsp3) is 0.478. The van der Waals surface area contributed by atoms with E-state index in [-0.39, 0.29) is 41.0 Å². The average molecular weight is 491 g/mol. The van der Waals surface area contributed by atoms with Gasteiger partial charge in [-0.15, -0.1) is 0 Å². The highest BCUT2D eigenvalue weighted by molar-refractivity contribution is 6.02. The number of nitrogens with one attached hydrogen (secondary N) is 1. The van der Waals surface area contributed by atoms with Gasteiger partial charge in [-0.2, -0.15) is 13.8 Å². The van der Waals surface area contributed by atoms with Crippen LogP contribution >= 0.6 is 0 Å². The van der Waals surface area contributed by atoms with Crippen molar-refractivity contribution in [3.05, 3.63) is 29.7 Å². The van der Waals surface area contributed by atoms with Gasteiger partial charge in [-0.05, 0) is 31.7 Å². The molecule has 2 heterocycles. The van der Waals surface area contributed by atoms with Gasteiger partial charge in [-0.25, -0.2) is 14.2 Å². The first-order chi connectivity index (χ1) is 16.6. The van der Waals surface area contributed by atoms with Crippen molar-refractivity contribution in [3.8, 4) is 5.75 Å². The van der Waals surface area contributed by atoms with Crippen LogP contribution in [0.5, 0.6) is 5.75 Å². The van der Waals surface area contributed by atoms with Gasteiger partial charge in [0.05, 0.1) is 30.1 Å². The molecule has 1 aromatic heterocycles. The quantitative estimate of drug-likeness (QED) is 0.625. The van der Waals surface area contributed by atoms with Crippen molar-refractivity contribution in [2.24, 2.45) is 0 Å². The Bertz CT molecular complexity index is 1180. The molecule has 1 amide bonds. The molecule has 1 aliphatic heterocycles. The number of carbonyl (C=O) groups excluding carboxylic acids is 1. The standard InChI is InChI=1S/C23H24F3N5O4/c1-30-17-10-27-22(28-16-9-15(24)14(20(32)33)8-18(16)35-13-6-7-13)29-19(17)31(12-4-2-3-5-12)11-23(25,26)21(30)34/h8-10,12-13H,2-7,11H2,1H3,(H,32,33)(H,27,28,29). The normalized spacial score (nSPS) is 19.9. The summed E-state index contributed by atoms with van der Waals surface area (Å²) in [5, 5.41) is 12.1. The number of hydrogen-bond acceptors (Lipinski definition) is 7. The number of aromatic nitrogens is 2. The van der Waals surface area contributed by atoms with Crippen molar-refractivity contribution in [2.75, 3.05) is 28.7 Å².